The van der Waals surface area contributed by atoms with Crippen LogP contribution in [0.15, 0.2) is 36.5 Å². The molecule has 1 aromatic carbocycles. The Morgan fingerprint density at radius 3 is 2.54 bits per heavy atom. The van der Waals surface area contributed by atoms with E-state index in [2.05, 4.69) is 31.1 Å². The molecule has 0 saturated carbocycles. The van der Waals surface area contributed by atoms with Crippen molar-refractivity contribution in [3.05, 3.63) is 53.5 Å². The van der Waals surface area contributed by atoms with E-state index in [1.54, 1.807) is 24.3 Å². The van der Waals surface area contributed by atoms with Crippen molar-refractivity contribution >= 4 is 5.91 Å². The number of aromatic nitrogens is 1. The zero-order chi connectivity index (χ0) is 19.3. The molecule has 1 N–H and O–H groups in total. The number of carbonyl (C=O) groups excluding carboxylic acids is 1. The van der Waals surface area contributed by atoms with Gasteiger partial charge in [-0.15, -0.1) is 0 Å². The van der Waals surface area contributed by atoms with Crippen molar-refractivity contribution < 1.29 is 18.7 Å². The molecule has 2 aromatic rings. The van der Waals surface area contributed by atoms with Gasteiger partial charge in [0.15, 0.2) is 11.6 Å². The van der Waals surface area contributed by atoms with Crippen LogP contribution in [-0.4, -0.2) is 24.0 Å². The van der Waals surface area contributed by atoms with Crippen molar-refractivity contribution in [2.75, 3.05) is 7.11 Å². The summed E-state index contributed by atoms with van der Waals surface area (Å²) in [7, 11) is 1.42. The Hall–Kier alpha value is -2.63. The minimum Gasteiger partial charge on any atom is -0.494 e. The van der Waals surface area contributed by atoms with E-state index >= 15 is 0 Å². The SMILES string of the molecule is COc1ccc(COc2ccc(C(=O)NC(C)C(C)(C)C)cn2)cc1F. The summed E-state index contributed by atoms with van der Waals surface area (Å²) >= 11 is 0. The molecule has 0 bridgehead atoms. The number of nitrogens with one attached hydrogen (secondary N) is 1. The standard InChI is InChI=1S/C20H25FN2O3/c1-13(20(2,3)4)23-19(24)15-7-9-18(22-11-15)26-12-14-6-8-17(25-5)16(21)10-14/h6-11,13H,12H2,1-5H3,(H,23,24). The summed E-state index contributed by atoms with van der Waals surface area (Å²) in [5, 5.41) is 2.96. The molecule has 140 valence electrons. The lowest BCUT2D eigenvalue weighted by Gasteiger charge is -2.28. The third kappa shape index (κ3) is 5.18. The van der Waals surface area contributed by atoms with E-state index in [9.17, 15) is 9.18 Å². The minimum atomic E-state index is -0.443. The summed E-state index contributed by atoms with van der Waals surface area (Å²) in [5.74, 6) is -0.0707. The quantitative estimate of drug-likeness (QED) is 0.847. The summed E-state index contributed by atoms with van der Waals surface area (Å²) in [6.45, 7) is 8.33. The summed E-state index contributed by atoms with van der Waals surface area (Å²) in [4.78, 5) is 16.4. The molecule has 2 rings (SSSR count). The van der Waals surface area contributed by atoms with Crippen molar-refractivity contribution in [2.24, 2.45) is 5.41 Å². The van der Waals surface area contributed by atoms with Crippen LogP contribution in [0.4, 0.5) is 4.39 Å². The van der Waals surface area contributed by atoms with E-state index in [0.29, 0.717) is 17.0 Å². The molecule has 1 amide bonds. The minimum absolute atomic E-state index is 0.0240. The maximum atomic E-state index is 13.7. The van der Waals surface area contributed by atoms with Gasteiger partial charge in [0.25, 0.3) is 5.91 Å². The first-order valence-corrected chi connectivity index (χ1v) is 8.43. The molecule has 0 fully saturated rings. The van der Waals surface area contributed by atoms with Gasteiger partial charge in [0, 0.05) is 18.3 Å². The molecule has 0 aliphatic rings. The Kier molecular flexibility index (Phi) is 6.18. The zero-order valence-corrected chi connectivity index (χ0v) is 15.8. The molecular formula is C20H25FN2O3. The fourth-order valence-electron chi connectivity index (χ4n) is 2.05. The number of hydrogen-bond donors (Lipinski definition) is 1. The summed E-state index contributed by atoms with van der Waals surface area (Å²) < 4.78 is 24.1. The van der Waals surface area contributed by atoms with E-state index in [0.717, 1.165) is 0 Å². The van der Waals surface area contributed by atoms with Crippen molar-refractivity contribution in [1.29, 1.82) is 0 Å². The number of rotatable bonds is 6. The van der Waals surface area contributed by atoms with Crippen LogP contribution in [0, 0.1) is 11.2 Å². The van der Waals surface area contributed by atoms with Crippen LogP contribution in [0.25, 0.3) is 0 Å². The second-order valence-electron chi connectivity index (χ2n) is 7.20. The van der Waals surface area contributed by atoms with Crippen LogP contribution in [0.5, 0.6) is 11.6 Å². The normalized spacial score (nSPS) is 12.4. The van der Waals surface area contributed by atoms with Gasteiger partial charge in [-0.2, -0.15) is 0 Å². The summed E-state index contributed by atoms with van der Waals surface area (Å²) in [6, 6.07) is 7.92. The van der Waals surface area contributed by atoms with Crippen LogP contribution < -0.4 is 14.8 Å². The third-order valence-corrected chi connectivity index (χ3v) is 4.25. The van der Waals surface area contributed by atoms with Gasteiger partial charge in [0.05, 0.1) is 12.7 Å². The van der Waals surface area contributed by atoms with Crippen molar-refractivity contribution in [3.8, 4) is 11.6 Å². The lowest BCUT2D eigenvalue weighted by Crippen LogP contribution is -2.41. The number of halogens is 1. The van der Waals surface area contributed by atoms with E-state index in [1.807, 2.05) is 6.92 Å². The van der Waals surface area contributed by atoms with E-state index in [4.69, 9.17) is 9.47 Å². The van der Waals surface area contributed by atoms with Crippen LogP contribution >= 0.6 is 0 Å². The first-order chi connectivity index (χ1) is 12.2. The third-order valence-electron chi connectivity index (χ3n) is 4.25. The van der Waals surface area contributed by atoms with Crippen LogP contribution in [0.3, 0.4) is 0 Å². The van der Waals surface area contributed by atoms with Gasteiger partial charge in [-0.3, -0.25) is 4.79 Å². The van der Waals surface area contributed by atoms with Gasteiger partial charge in [0.2, 0.25) is 5.88 Å². The monoisotopic (exact) mass is 360 g/mol. The molecule has 26 heavy (non-hydrogen) atoms. The van der Waals surface area contributed by atoms with E-state index in [-0.39, 0.29) is 29.7 Å². The molecule has 1 unspecified atom stereocenters. The lowest BCUT2D eigenvalue weighted by molar-refractivity contribution is 0.0909. The average molecular weight is 360 g/mol. The second-order valence-corrected chi connectivity index (χ2v) is 7.20. The maximum absolute atomic E-state index is 13.7. The van der Waals surface area contributed by atoms with Gasteiger partial charge in [0.1, 0.15) is 6.61 Å². The highest BCUT2D eigenvalue weighted by Crippen LogP contribution is 2.20. The van der Waals surface area contributed by atoms with Crippen molar-refractivity contribution in [1.82, 2.24) is 10.3 Å². The Bertz CT molecular complexity index is 755. The number of benzene rings is 1. The predicted molar refractivity (Wildman–Crippen MR) is 97.9 cm³/mol. The fraction of sp³-hybridized carbons (Fsp3) is 0.400. The molecule has 1 heterocycles. The highest BCUT2D eigenvalue weighted by Gasteiger charge is 2.22. The Balaban J connectivity index is 1.95. The Morgan fingerprint density at radius 2 is 2.00 bits per heavy atom. The topological polar surface area (TPSA) is 60.5 Å². The molecule has 0 saturated heterocycles. The number of hydrogen-bond acceptors (Lipinski definition) is 4. The molecular weight excluding hydrogens is 335 g/mol. The van der Waals surface area contributed by atoms with Gasteiger partial charge in [-0.25, -0.2) is 9.37 Å². The second kappa shape index (κ2) is 8.17. The number of amides is 1. The molecule has 1 atom stereocenters. The smallest absolute Gasteiger partial charge is 0.253 e. The molecule has 5 nitrogen and oxygen atoms in total. The fourth-order valence-corrected chi connectivity index (χ4v) is 2.05. The number of pyridine rings is 1. The van der Waals surface area contributed by atoms with E-state index < -0.39 is 5.82 Å². The highest BCUT2D eigenvalue weighted by molar-refractivity contribution is 5.94. The van der Waals surface area contributed by atoms with Gasteiger partial charge in [-0.1, -0.05) is 26.8 Å². The Labute approximate surface area is 153 Å². The number of ether oxygens (including phenoxy) is 2. The molecule has 1 aromatic heterocycles. The van der Waals surface area contributed by atoms with Crippen molar-refractivity contribution in [3.63, 3.8) is 0 Å². The van der Waals surface area contributed by atoms with E-state index in [1.165, 1.54) is 19.4 Å². The molecule has 6 heteroatoms. The first kappa shape index (κ1) is 19.7. The zero-order valence-electron chi connectivity index (χ0n) is 15.8. The largest absolute Gasteiger partial charge is 0.494 e. The van der Waals surface area contributed by atoms with Crippen LogP contribution in [0.2, 0.25) is 0 Å². The average Bonchev–Trinajstić information content (AvgIpc) is 2.59. The predicted octanol–water partition coefficient (Wildman–Crippen LogP) is 3.97. The maximum Gasteiger partial charge on any atom is 0.253 e. The van der Waals surface area contributed by atoms with Crippen molar-refractivity contribution in [2.45, 2.75) is 40.3 Å². The summed E-state index contributed by atoms with van der Waals surface area (Å²) in [6.07, 6.45) is 1.47. The van der Waals surface area contributed by atoms with Gasteiger partial charge >= 0.3 is 0 Å². The molecule has 0 spiro atoms. The first-order valence-electron chi connectivity index (χ1n) is 8.43. The molecule has 0 aliphatic carbocycles. The number of carbonyl (C=O) groups is 1. The lowest BCUT2D eigenvalue weighted by atomic mass is 9.88. The number of methoxy groups -OCH3 is 1. The summed E-state index contributed by atoms with van der Waals surface area (Å²) in [5.41, 5.74) is 1.09. The molecule has 0 aliphatic heterocycles. The van der Waals surface area contributed by atoms with Gasteiger partial charge < -0.3 is 14.8 Å². The Morgan fingerprint density at radius 1 is 1.27 bits per heavy atom. The molecule has 0 radical (unpaired) electrons. The highest BCUT2D eigenvalue weighted by atomic mass is 19.1. The van der Waals surface area contributed by atoms with Crippen LogP contribution in [0.1, 0.15) is 43.6 Å². The number of nitrogens with zero attached hydrogens (tertiary/aromatic N) is 1. The van der Waals surface area contributed by atoms with Gasteiger partial charge in [-0.05, 0) is 36.1 Å². The van der Waals surface area contributed by atoms with Crippen LogP contribution in [-0.2, 0) is 6.61 Å².